The van der Waals surface area contributed by atoms with Crippen molar-refractivity contribution in [3.63, 3.8) is 0 Å². The molecule has 0 aliphatic heterocycles. The largest absolute Gasteiger partial charge is 0.489 e. The van der Waals surface area contributed by atoms with Gasteiger partial charge in [0.25, 0.3) is 5.56 Å². The van der Waals surface area contributed by atoms with Crippen molar-refractivity contribution in [2.75, 3.05) is 5.43 Å². The first kappa shape index (κ1) is 17.7. The van der Waals surface area contributed by atoms with Crippen LogP contribution in [0.1, 0.15) is 16.7 Å². The Labute approximate surface area is 155 Å². The summed E-state index contributed by atoms with van der Waals surface area (Å²) in [4.78, 5) is 11.3. The molecule has 0 radical (unpaired) electrons. The second-order valence-corrected chi connectivity index (χ2v) is 6.02. The van der Waals surface area contributed by atoms with Crippen molar-refractivity contribution < 1.29 is 4.74 Å². The molecule has 1 aromatic heterocycles. The quantitative estimate of drug-likeness (QED) is 0.513. The number of anilines is 1. The van der Waals surface area contributed by atoms with Crippen LogP contribution in [-0.4, -0.2) is 16.4 Å². The van der Waals surface area contributed by atoms with Gasteiger partial charge in [-0.2, -0.15) is 10.2 Å². The highest BCUT2D eigenvalue weighted by molar-refractivity contribution is 6.32. The van der Waals surface area contributed by atoms with Crippen LogP contribution in [0, 0.1) is 6.92 Å². The highest BCUT2D eigenvalue weighted by Crippen LogP contribution is 2.15. The molecule has 0 aliphatic rings. The van der Waals surface area contributed by atoms with E-state index in [0.717, 1.165) is 16.9 Å². The maximum Gasteiger partial charge on any atom is 0.285 e. The molecule has 0 bridgehead atoms. The fraction of sp³-hybridized carbons (Fsp3) is 0.105. The minimum absolute atomic E-state index is 0.0111. The van der Waals surface area contributed by atoms with Crippen molar-refractivity contribution in [3.8, 4) is 5.75 Å². The van der Waals surface area contributed by atoms with E-state index in [4.69, 9.17) is 16.3 Å². The molecule has 6 nitrogen and oxygen atoms in total. The summed E-state index contributed by atoms with van der Waals surface area (Å²) in [7, 11) is 0. The van der Waals surface area contributed by atoms with Gasteiger partial charge in [0.1, 0.15) is 23.1 Å². The first-order valence-electron chi connectivity index (χ1n) is 7.92. The van der Waals surface area contributed by atoms with Crippen LogP contribution >= 0.6 is 11.6 Å². The minimum atomic E-state index is -0.470. The summed E-state index contributed by atoms with van der Waals surface area (Å²) in [6, 6.07) is 15.7. The van der Waals surface area contributed by atoms with E-state index >= 15 is 0 Å². The molecule has 0 unspecified atom stereocenters. The molecule has 3 rings (SSSR count). The van der Waals surface area contributed by atoms with Gasteiger partial charge in [-0.15, -0.1) is 0 Å². The Hall–Kier alpha value is -3.12. The van der Waals surface area contributed by atoms with Crippen LogP contribution in [0.25, 0.3) is 0 Å². The number of hydrogen-bond donors (Lipinski definition) is 2. The average molecular weight is 369 g/mol. The second kappa shape index (κ2) is 8.31. The summed E-state index contributed by atoms with van der Waals surface area (Å²) in [6.45, 7) is 2.57. The normalized spacial score (nSPS) is 10.8. The number of aromatic nitrogens is 2. The summed E-state index contributed by atoms with van der Waals surface area (Å²) in [6.07, 6.45) is 3.00. The van der Waals surface area contributed by atoms with Crippen LogP contribution in [0.3, 0.4) is 0 Å². The standard InChI is InChI=1S/C19H17ClN4O2/c1-13-2-4-15(5-3-13)12-26-16-8-6-14(7-9-16)10-21-23-17-11-22-24-19(25)18(17)20/h2-11H,12H2,1H3,(H2,23,24,25)/b21-10+. The van der Waals surface area contributed by atoms with Gasteiger partial charge in [-0.3, -0.25) is 10.2 Å². The predicted molar refractivity (Wildman–Crippen MR) is 103 cm³/mol. The SMILES string of the molecule is Cc1ccc(COc2ccc(/C=N/Nc3cn[nH]c(=O)c3Cl)cc2)cc1. The van der Waals surface area contributed by atoms with E-state index in [1.54, 1.807) is 6.21 Å². The fourth-order valence-electron chi connectivity index (χ4n) is 2.14. The number of benzene rings is 2. The topological polar surface area (TPSA) is 79.4 Å². The van der Waals surface area contributed by atoms with E-state index in [1.165, 1.54) is 11.8 Å². The summed E-state index contributed by atoms with van der Waals surface area (Å²) in [5.41, 5.74) is 5.77. The van der Waals surface area contributed by atoms with Gasteiger partial charge in [0.15, 0.2) is 0 Å². The molecule has 3 aromatic rings. The van der Waals surface area contributed by atoms with Gasteiger partial charge in [0.05, 0.1) is 12.4 Å². The molecule has 0 atom stereocenters. The van der Waals surface area contributed by atoms with Crippen molar-refractivity contribution in [1.29, 1.82) is 0 Å². The lowest BCUT2D eigenvalue weighted by Gasteiger charge is -2.07. The van der Waals surface area contributed by atoms with E-state index in [-0.39, 0.29) is 5.02 Å². The number of aryl methyl sites for hydroxylation is 1. The van der Waals surface area contributed by atoms with Gasteiger partial charge in [0.2, 0.25) is 0 Å². The molecule has 132 valence electrons. The summed E-state index contributed by atoms with van der Waals surface area (Å²) in [5, 5.41) is 9.96. The number of ether oxygens (including phenoxy) is 1. The summed E-state index contributed by atoms with van der Waals surface area (Å²) in [5.74, 6) is 0.775. The Morgan fingerprint density at radius 3 is 2.65 bits per heavy atom. The molecular formula is C19H17ClN4O2. The highest BCUT2D eigenvalue weighted by atomic mass is 35.5. The molecule has 0 spiro atoms. The van der Waals surface area contributed by atoms with Gasteiger partial charge in [-0.25, -0.2) is 5.10 Å². The minimum Gasteiger partial charge on any atom is -0.489 e. The highest BCUT2D eigenvalue weighted by Gasteiger charge is 2.03. The summed E-state index contributed by atoms with van der Waals surface area (Å²) < 4.78 is 5.77. The van der Waals surface area contributed by atoms with Crippen molar-refractivity contribution in [1.82, 2.24) is 10.2 Å². The molecule has 0 amide bonds. The molecule has 0 fully saturated rings. The lowest BCUT2D eigenvalue weighted by molar-refractivity contribution is 0.306. The maximum absolute atomic E-state index is 11.3. The number of hydrogen-bond acceptors (Lipinski definition) is 5. The number of halogens is 1. The number of rotatable bonds is 6. The van der Waals surface area contributed by atoms with Crippen molar-refractivity contribution >= 4 is 23.5 Å². The van der Waals surface area contributed by atoms with Crippen LogP contribution in [0.2, 0.25) is 5.02 Å². The number of aromatic amines is 1. The lowest BCUT2D eigenvalue weighted by atomic mass is 10.2. The lowest BCUT2D eigenvalue weighted by Crippen LogP contribution is -2.10. The van der Waals surface area contributed by atoms with Gasteiger partial charge >= 0.3 is 0 Å². The Balaban J connectivity index is 1.56. The first-order chi connectivity index (χ1) is 12.6. The maximum atomic E-state index is 11.3. The first-order valence-corrected chi connectivity index (χ1v) is 8.30. The molecule has 7 heteroatoms. The zero-order valence-corrected chi connectivity index (χ0v) is 14.8. The fourth-order valence-corrected chi connectivity index (χ4v) is 2.27. The van der Waals surface area contributed by atoms with Crippen LogP contribution in [0.4, 0.5) is 5.69 Å². The smallest absolute Gasteiger partial charge is 0.285 e. The summed E-state index contributed by atoms with van der Waals surface area (Å²) >= 11 is 5.85. The van der Waals surface area contributed by atoms with E-state index in [2.05, 4.69) is 51.9 Å². The number of H-pyrrole nitrogens is 1. The molecule has 0 saturated heterocycles. The average Bonchev–Trinajstić information content (AvgIpc) is 2.66. The number of hydrazone groups is 1. The Bertz CT molecular complexity index is 951. The van der Waals surface area contributed by atoms with Crippen LogP contribution in [0.15, 0.2) is 64.6 Å². The van der Waals surface area contributed by atoms with E-state index < -0.39 is 5.56 Å². The van der Waals surface area contributed by atoms with E-state index in [0.29, 0.717) is 12.3 Å². The van der Waals surface area contributed by atoms with Crippen LogP contribution in [-0.2, 0) is 6.61 Å². The van der Waals surface area contributed by atoms with Gasteiger partial charge < -0.3 is 4.74 Å². The van der Waals surface area contributed by atoms with Crippen LogP contribution < -0.4 is 15.7 Å². The van der Waals surface area contributed by atoms with Gasteiger partial charge in [-0.05, 0) is 42.3 Å². The molecule has 2 N–H and O–H groups in total. The third kappa shape index (κ3) is 4.70. The van der Waals surface area contributed by atoms with Gasteiger partial charge in [0, 0.05) is 0 Å². The van der Waals surface area contributed by atoms with Crippen LogP contribution in [0.5, 0.6) is 5.75 Å². The zero-order chi connectivity index (χ0) is 18.4. The van der Waals surface area contributed by atoms with Crippen molar-refractivity contribution in [2.45, 2.75) is 13.5 Å². The molecule has 26 heavy (non-hydrogen) atoms. The van der Waals surface area contributed by atoms with Crippen molar-refractivity contribution in [3.05, 3.63) is 86.8 Å². The monoisotopic (exact) mass is 368 g/mol. The van der Waals surface area contributed by atoms with E-state index in [9.17, 15) is 4.79 Å². The molecule has 2 aromatic carbocycles. The predicted octanol–water partition coefficient (Wildman–Crippen LogP) is 3.76. The third-order valence-electron chi connectivity index (χ3n) is 3.60. The molecular weight excluding hydrogens is 352 g/mol. The Morgan fingerprint density at radius 2 is 1.92 bits per heavy atom. The third-order valence-corrected chi connectivity index (χ3v) is 3.98. The number of nitrogens with zero attached hydrogens (tertiary/aromatic N) is 2. The van der Waals surface area contributed by atoms with E-state index in [1.807, 2.05) is 24.3 Å². The van der Waals surface area contributed by atoms with Gasteiger partial charge in [-0.1, -0.05) is 41.4 Å². The second-order valence-electron chi connectivity index (χ2n) is 5.64. The van der Waals surface area contributed by atoms with Crippen molar-refractivity contribution in [2.24, 2.45) is 5.10 Å². The Morgan fingerprint density at radius 1 is 1.19 bits per heavy atom. The molecule has 0 aliphatic carbocycles. The molecule has 1 heterocycles. The zero-order valence-electron chi connectivity index (χ0n) is 14.1. The molecule has 0 saturated carbocycles. The Kier molecular flexibility index (Phi) is 5.66. The number of nitrogens with one attached hydrogen (secondary N) is 2.